The number of aliphatic hydroxyl groups is 1. The average molecular weight is 420 g/mol. The molecule has 0 unspecified atom stereocenters. The summed E-state index contributed by atoms with van der Waals surface area (Å²) >= 11 is 0. The quantitative estimate of drug-likeness (QED) is 0.650. The van der Waals surface area contributed by atoms with Crippen LogP contribution in [0.2, 0.25) is 0 Å². The number of alkyl halides is 3. The van der Waals surface area contributed by atoms with Crippen LogP contribution in [0, 0.1) is 5.92 Å². The van der Waals surface area contributed by atoms with Gasteiger partial charge in [-0.25, -0.2) is 4.98 Å². The van der Waals surface area contributed by atoms with Crippen LogP contribution < -0.4 is 10.6 Å². The van der Waals surface area contributed by atoms with Crippen LogP contribution in [0.15, 0.2) is 30.0 Å². The summed E-state index contributed by atoms with van der Waals surface area (Å²) in [7, 11) is 0. The number of allylic oxidation sites excluding steroid dienone is 2. The van der Waals surface area contributed by atoms with Crippen molar-refractivity contribution >= 4 is 11.9 Å². The van der Waals surface area contributed by atoms with Crippen molar-refractivity contribution < 1.29 is 18.3 Å². The summed E-state index contributed by atoms with van der Waals surface area (Å²) in [6.07, 6.45) is 1.59. The lowest BCUT2D eigenvalue weighted by molar-refractivity contribution is -0.141. The smallest absolute Gasteiger partial charge is 0.391 e. The monoisotopic (exact) mass is 420 g/mol. The van der Waals surface area contributed by atoms with E-state index in [0.717, 1.165) is 37.4 Å². The van der Waals surface area contributed by atoms with Crippen molar-refractivity contribution in [1.82, 2.24) is 19.9 Å². The van der Waals surface area contributed by atoms with Crippen molar-refractivity contribution in [1.29, 1.82) is 0 Å². The number of pyridine rings is 1. The maximum absolute atomic E-state index is 13.1. The van der Waals surface area contributed by atoms with Crippen LogP contribution in [-0.4, -0.2) is 37.2 Å². The molecule has 0 spiro atoms. The summed E-state index contributed by atoms with van der Waals surface area (Å²) in [6.45, 7) is 1.89. The van der Waals surface area contributed by atoms with Gasteiger partial charge in [0.15, 0.2) is 5.82 Å². The van der Waals surface area contributed by atoms with Gasteiger partial charge in [0, 0.05) is 5.70 Å². The Morgan fingerprint density at radius 2 is 1.83 bits per heavy atom. The summed E-state index contributed by atoms with van der Waals surface area (Å²) in [5.41, 5.74) is -0.159. The van der Waals surface area contributed by atoms with Gasteiger partial charge in [0.05, 0.1) is 12.1 Å². The molecule has 7 nitrogen and oxygen atoms in total. The standard InChI is InChI=1S/C20H23F3N6O/c1-11(10-12-8-9-12)24-18-27-17(14-5-3-7-16(25-14)20(21,22)23)28-19(29-18)26-13-4-2-6-15(13)30/h3,5,7,10,12-13,15,30H,2,4,6,8-9H2,1H3,(H2,24,26,27,28,29)/t13-,15+/m0/s1. The highest BCUT2D eigenvalue weighted by molar-refractivity contribution is 5.55. The highest BCUT2D eigenvalue weighted by Gasteiger charge is 2.33. The number of hydrogen-bond donors (Lipinski definition) is 3. The maximum atomic E-state index is 13.1. The fourth-order valence-corrected chi connectivity index (χ4v) is 3.44. The van der Waals surface area contributed by atoms with Crippen molar-refractivity contribution in [2.45, 2.75) is 57.3 Å². The second kappa shape index (κ2) is 8.17. The molecule has 0 radical (unpaired) electrons. The minimum absolute atomic E-state index is 0.00544. The Labute approximate surface area is 171 Å². The van der Waals surface area contributed by atoms with Crippen molar-refractivity contribution in [3.8, 4) is 11.5 Å². The molecule has 4 rings (SSSR count). The molecule has 2 heterocycles. The molecule has 2 fully saturated rings. The van der Waals surface area contributed by atoms with Crippen LogP contribution in [-0.2, 0) is 6.18 Å². The average Bonchev–Trinajstić information content (AvgIpc) is 3.41. The first-order chi connectivity index (χ1) is 14.3. The molecule has 2 aromatic heterocycles. The molecule has 160 valence electrons. The molecule has 2 aromatic rings. The van der Waals surface area contributed by atoms with Crippen LogP contribution in [0.25, 0.3) is 11.5 Å². The van der Waals surface area contributed by atoms with Crippen molar-refractivity contribution in [2.24, 2.45) is 5.92 Å². The number of anilines is 2. The fourth-order valence-electron chi connectivity index (χ4n) is 3.44. The van der Waals surface area contributed by atoms with Gasteiger partial charge >= 0.3 is 6.18 Å². The van der Waals surface area contributed by atoms with Gasteiger partial charge in [-0.05, 0) is 57.1 Å². The third-order valence-corrected chi connectivity index (χ3v) is 5.11. The Kier molecular flexibility index (Phi) is 5.59. The van der Waals surface area contributed by atoms with Gasteiger partial charge in [-0.2, -0.15) is 28.1 Å². The van der Waals surface area contributed by atoms with E-state index in [1.54, 1.807) is 0 Å². The normalized spacial score (nSPS) is 22.2. The summed E-state index contributed by atoms with van der Waals surface area (Å²) < 4.78 is 39.2. The number of hydrogen-bond acceptors (Lipinski definition) is 7. The van der Waals surface area contributed by atoms with Crippen LogP contribution >= 0.6 is 0 Å². The topological polar surface area (TPSA) is 95.9 Å². The number of halogens is 3. The number of rotatable bonds is 6. The van der Waals surface area contributed by atoms with Crippen LogP contribution in [0.1, 0.15) is 44.7 Å². The van der Waals surface area contributed by atoms with E-state index in [0.29, 0.717) is 12.3 Å². The third kappa shape index (κ3) is 5.05. The van der Waals surface area contributed by atoms with E-state index in [4.69, 9.17) is 0 Å². The van der Waals surface area contributed by atoms with Crippen molar-refractivity contribution in [3.05, 3.63) is 35.7 Å². The first-order valence-electron chi connectivity index (χ1n) is 9.99. The van der Waals surface area contributed by atoms with Gasteiger partial charge in [0.1, 0.15) is 11.4 Å². The molecule has 0 aromatic carbocycles. The molecule has 0 bridgehead atoms. The molecular formula is C20H23F3N6O. The second-order valence-corrected chi connectivity index (χ2v) is 7.77. The Morgan fingerprint density at radius 3 is 2.50 bits per heavy atom. The zero-order valence-corrected chi connectivity index (χ0v) is 16.4. The van der Waals surface area contributed by atoms with Crippen molar-refractivity contribution in [3.63, 3.8) is 0 Å². The van der Waals surface area contributed by atoms with E-state index in [1.165, 1.54) is 12.1 Å². The molecule has 2 saturated carbocycles. The Hall–Kier alpha value is -2.75. The molecule has 2 aliphatic rings. The number of aliphatic hydroxyl groups excluding tert-OH is 1. The van der Waals surface area contributed by atoms with E-state index < -0.39 is 18.0 Å². The predicted molar refractivity (Wildman–Crippen MR) is 105 cm³/mol. The maximum Gasteiger partial charge on any atom is 0.433 e. The highest BCUT2D eigenvalue weighted by atomic mass is 19.4. The molecule has 3 N–H and O–H groups in total. The van der Waals surface area contributed by atoms with Gasteiger partial charge in [-0.1, -0.05) is 12.1 Å². The summed E-state index contributed by atoms with van der Waals surface area (Å²) in [5, 5.41) is 16.3. The zero-order valence-electron chi connectivity index (χ0n) is 16.4. The Bertz CT molecular complexity index is 944. The first-order valence-corrected chi connectivity index (χ1v) is 9.99. The lowest BCUT2D eigenvalue weighted by atomic mass is 10.2. The molecule has 0 amide bonds. The van der Waals surface area contributed by atoms with Gasteiger partial charge in [0.2, 0.25) is 11.9 Å². The lowest BCUT2D eigenvalue weighted by Gasteiger charge is -2.17. The molecule has 2 atom stereocenters. The van der Waals surface area contributed by atoms with Crippen LogP contribution in [0.4, 0.5) is 25.1 Å². The molecule has 30 heavy (non-hydrogen) atoms. The molecule has 0 aliphatic heterocycles. The fraction of sp³-hybridized carbons (Fsp3) is 0.500. The second-order valence-electron chi connectivity index (χ2n) is 7.77. The minimum atomic E-state index is -4.57. The summed E-state index contributed by atoms with van der Waals surface area (Å²) in [5.74, 6) is 0.957. The third-order valence-electron chi connectivity index (χ3n) is 5.11. The Morgan fingerprint density at radius 1 is 1.07 bits per heavy atom. The zero-order chi connectivity index (χ0) is 21.3. The Balaban J connectivity index is 1.67. The van der Waals surface area contributed by atoms with Gasteiger partial charge in [0.25, 0.3) is 0 Å². The molecular weight excluding hydrogens is 397 g/mol. The summed E-state index contributed by atoms with van der Waals surface area (Å²) in [6, 6.07) is 3.38. The SMILES string of the molecule is CC(=CC1CC1)Nc1nc(N[C@H]2CCC[C@H]2O)nc(-c2cccc(C(F)(F)F)n2)n1. The van der Waals surface area contributed by atoms with Gasteiger partial charge in [-0.3, -0.25) is 0 Å². The van der Waals surface area contributed by atoms with Crippen LogP contribution in [0.3, 0.4) is 0 Å². The highest BCUT2D eigenvalue weighted by Crippen LogP contribution is 2.32. The summed E-state index contributed by atoms with van der Waals surface area (Å²) in [4.78, 5) is 16.6. The minimum Gasteiger partial charge on any atom is -0.391 e. The van der Waals surface area contributed by atoms with E-state index in [2.05, 4.69) is 36.6 Å². The van der Waals surface area contributed by atoms with E-state index >= 15 is 0 Å². The lowest BCUT2D eigenvalue weighted by Crippen LogP contribution is -2.29. The van der Waals surface area contributed by atoms with E-state index in [9.17, 15) is 18.3 Å². The van der Waals surface area contributed by atoms with Crippen LogP contribution in [0.5, 0.6) is 0 Å². The molecule has 2 aliphatic carbocycles. The van der Waals surface area contributed by atoms with E-state index in [-0.39, 0.29) is 29.5 Å². The van der Waals surface area contributed by atoms with Gasteiger partial charge in [-0.15, -0.1) is 0 Å². The molecule has 0 saturated heterocycles. The number of aromatic nitrogens is 4. The molecule has 10 heteroatoms. The predicted octanol–water partition coefficient (Wildman–Crippen LogP) is 4.00. The number of nitrogens with one attached hydrogen (secondary N) is 2. The van der Waals surface area contributed by atoms with Crippen molar-refractivity contribution in [2.75, 3.05) is 10.6 Å². The first kappa shape index (κ1) is 20.5. The van der Waals surface area contributed by atoms with Gasteiger partial charge < -0.3 is 15.7 Å². The number of nitrogens with zero attached hydrogens (tertiary/aromatic N) is 4. The van der Waals surface area contributed by atoms with E-state index in [1.807, 2.05) is 6.92 Å². The largest absolute Gasteiger partial charge is 0.433 e.